The van der Waals surface area contributed by atoms with Crippen molar-refractivity contribution >= 4 is 11.0 Å². The van der Waals surface area contributed by atoms with Crippen LogP contribution in [-0.2, 0) is 7.05 Å². The fourth-order valence-corrected chi connectivity index (χ4v) is 3.61. The smallest absolute Gasteiger partial charge is 0.163 e. The zero-order valence-corrected chi connectivity index (χ0v) is 15.8. The maximum atomic E-state index is 10.2. The molecule has 29 heavy (non-hydrogen) atoms. The molecule has 1 N–H and O–H groups in total. The van der Waals surface area contributed by atoms with E-state index in [0.29, 0.717) is 11.5 Å². The maximum absolute atomic E-state index is 10.2. The van der Waals surface area contributed by atoms with E-state index in [1.165, 1.54) is 0 Å². The normalized spacial score (nSPS) is 11.1. The third-order valence-electron chi connectivity index (χ3n) is 5.04. The average molecular weight is 378 g/mol. The van der Waals surface area contributed by atoms with Gasteiger partial charge in [0, 0.05) is 30.6 Å². The number of nitrogens with zero attached hydrogens (tertiary/aromatic N) is 4. The van der Waals surface area contributed by atoms with Gasteiger partial charge in [-0.05, 0) is 42.0 Å². The Kier molecular flexibility index (Phi) is 4.06. The van der Waals surface area contributed by atoms with E-state index in [-0.39, 0.29) is 5.75 Å². The number of imidazole rings is 1. The van der Waals surface area contributed by atoms with E-state index in [1.54, 1.807) is 24.5 Å². The van der Waals surface area contributed by atoms with Crippen LogP contribution in [0.15, 0.2) is 85.2 Å². The van der Waals surface area contributed by atoms with Crippen molar-refractivity contribution in [3.8, 4) is 39.7 Å². The molecule has 3 heterocycles. The number of aromatic hydroxyl groups is 1. The lowest BCUT2D eigenvalue weighted by Crippen LogP contribution is -1.94. The van der Waals surface area contributed by atoms with Crippen molar-refractivity contribution in [2.45, 2.75) is 0 Å². The number of hydrogen-bond donors (Lipinski definition) is 1. The van der Waals surface area contributed by atoms with Gasteiger partial charge in [0.05, 0.1) is 16.7 Å². The van der Waals surface area contributed by atoms with E-state index < -0.39 is 0 Å². The third kappa shape index (κ3) is 2.93. The van der Waals surface area contributed by atoms with Crippen molar-refractivity contribution in [3.63, 3.8) is 0 Å². The zero-order valence-electron chi connectivity index (χ0n) is 15.8. The quantitative estimate of drug-likeness (QED) is 0.476. The van der Waals surface area contributed by atoms with Crippen LogP contribution in [0.1, 0.15) is 0 Å². The minimum Gasteiger partial charge on any atom is -0.506 e. The second kappa shape index (κ2) is 6.87. The lowest BCUT2D eigenvalue weighted by Gasteiger charge is -2.06. The van der Waals surface area contributed by atoms with Gasteiger partial charge in [0.2, 0.25) is 0 Å². The first-order valence-electron chi connectivity index (χ1n) is 9.34. The van der Waals surface area contributed by atoms with Crippen molar-refractivity contribution in [3.05, 3.63) is 85.2 Å². The minimum absolute atomic E-state index is 0.115. The Balaban J connectivity index is 1.69. The van der Waals surface area contributed by atoms with Crippen LogP contribution in [0.5, 0.6) is 5.75 Å². The van der Waals surface area contributed by atoms with Crippen LogP contribution in [-0.4, -0.2) is 24.6 Å². The Morgan fingerprint density at radius 2 is 1.62 bits per heavy atom. The molecule has 0 saturated carbocycles. The summed E-state index contributed by atoms with van der Waals surface area (Å²) in [5.74, 6) is 0.746. The SMILES string of the molecule is Cn1c(-c2ncccc2O)nc2c(-c3cccc(-c4ccccn4)c3)cccc21. The lowest BCUT2D eigenvalue weighted by molar-refractivity contribution is 0.474. The van der Waals surface area contributed by atoms with Crippen molar-refractivity contribution < 1.29 is 5.11 Å². The molecule has 0 aliphatic heterocycles. The van der Waals surface area contributed by atoms with Gasteiger partial charge in [-0.15, -0.1) is 0 Å². The minimum atomic E-state index is 0.115. The zero-order chi connectivity index (χ0) is 19.8. The summed E-state index contributed by atoms with van der Waals surface area (Å²) in [5, 5.41) is 10.2. The number of hydrogen-bond acceptors (Lipinski definition) is 4. The van der Waals surface area contributed by atoms with E-state index in [4.69, 9.17) is 4.98 Å². The van der Waals surface area contributed by atoms with Gasteiger partial charge < -0.3 is 9.67 Å². The molecule has 0 spiro atoms. The first-order valence-corrected chi connectivity index (χ1v) is 9.34. The highest BCUT2D eigenvalue weighted by Gasteiger charge is 2.17. The number of aromatic nitrogens is 4. The molecule has 0 radical (unpaired) electrons. The Hall–Kier alpha value is -3.99. The van der Waals surface area contributed by atoms with Gasteiger partial charge in [-0.1, -0.05) is 36.4 Å². The Bertz CT molecular complexity index is 1330. The van der Waals surface area contributed by atoms with E-state index in [1.807, 2.05) is 48.0 Å². The molecular weight excluding hydrogens is 360 g/mol. The summed E-state index contributed by atoms with van der Waals surface area (Å²) >= 11 is 0. The molecule has 5 aromatic rings. The summed E-state index contributed by atoms with van der Waals surface area (Å²) in [6, 6.07) is 23.6. The molecule has 0 bridgehead atoms. The van der Waals surface area contributed by atoms with Crippen LogP contribution in [0.2, 0.25) is 0 Å². The van der Waals surface area contributed by atoms with Gasteiger partial charge in [-0.2, -0.15) is 0 Å². The molecule has 0 saturated heterocycles. The molecule has 140 valence electrons. The second-order valence-electron chi connectivity index (χ2n) is 6.83. The standard InChI is InChI=1S/C24H18N4O/c1-28-20-11-5-9-18(22(20)27-24(28)23-21(29)12-6-14-26-23)16-7-4-8-17(15-16)19-10-2-3-13-25-19/h2-15,29H,1H3. The van der Waals surface area contributed by atoms with Gasteiger partial charge in [-0.25, -0.2) is 9.97 Å². The van der Waals surface area contributed by atoms with Crippen LogP contribution in [0.25, 0.3) is 44.9 Å². The van der Waals surface area contributed by atoms with Crippen molar-refractivity contribution in [1.82, 2.24) is 19.5 Å². The highest BCUT2D eigenvalue weighted by atomic mass is 16.3. The molecule has 0 amide bonds. The Morgan fingerprint density at radius 1 is 0.793 bits per heavy atom. The van der Waals surface area contributed by atoms with Crippen LogP contribution in [0.4, 0.5) is 0 Å². The molecule has 5 nitrogen and oxygen atoms in total. The molecule has 3 aromatic heterocycles. The summed E-state index contributed by atoms with van der Waals surface area (Å²) < 4.78 is 1.96. The van der Waals surface area contributed by atoms with Crippen molar-refractivity contribution in [2.24, 2.45) is 7.05 Å². The van der Waals surface area contributed by atoms with Gasteiger partial charge in [0.15, 0.2) is 5.82 Å². The fourth-order valence-electron chi connectivity index (χ4n) is 3.61. The number of aryl methyl sites for hydroxylation is 1. The first kappa shape index (κ1) is 17.1. The molecule has 5 heteroatoms. The summed E-state index contributed by atoms with van der Waals surface area (Å²) in [5.41, 5.74) is 6.39. The number of pyridine rings is 2. The molecule has 0 aliphatic carbocycles. The van der Waals surface area contributed by atoms with Crippen LogP contribution in [0, 0.1) is 0 Å². The summed E-state index contributed by atoms with van der Waals surface area (Å²) in [6.45, 7) is 0. The van der Waals surface area contributed by atoms with E-state index in [9.17, 15) is 5.11 Å². The van der Waals surface area contributed by atoms with Gasteiger partial charge >= 0.3 is 0 Å². The monoisotopic (exact) mass is 378 g/mol. The van der Waals surface area contributed by atoms with E-state index >= 15 is 0 Å². The van der Waals surface area contributed by atoms with E-state index in [0.717, 1.165) is 33.4 Å². The highest BCUT2D eigenvalue weighted by molar-refractivity contribution is 5.95. The van der Waals surface area contributed by atoms with E-state index in [2.05, 4.69) is 34.2 Å². The van der Waals surface area contributed by atoms with Crippen molar-refractivity contribution in [1.29, 1.82) is 0 Å². The average Bonchev–Trinajstić information content (AvgIpc) is 3.11. The molecule has 5 rings (SSSR count). The van der Waals surface area contributed by atoms with Crippen molar-refractivity contribution in [2.75, 3.05) is 0 Å². The summed E-state index contributed by atoms with van der Waals surface area (Å²) in [6.07, 6.45) is 3.46. The first-order chi connectivity index (χ1) is 14.2. The summed E-state index contributed by atoms with van der Waals surface area (Å²) in [7, 11) is 1.94. The number of para-hydroxylation sites is 1. The highest BCUT2D eigenvalue weighted by Crippen LogP contribution is 2.34. The molecule has 0 atom stereocenters. The van der Waals surface area contributed by atoms with Crippen LogP contribution < -0.4 is 0 Å². The fraction of sp³-hybridized carbons (Fsp3) is 0.0417. The topological polar surface area (TPSA) is 63.8 Å². The molecule has 0 fully saturated rings. The molecule has 0 unspecified atom stereocenters. The molecule has 0 aliphatic rings. The number of rotatable bonds is 3. The van der Waals surface area contributed by atoms with Gasteiger partial charge in [-0.3, -0.25) is 4.98 Å². The largest absolute Gasteiger partial charge is 0.506 e. The Labute approximate surface area is 168 Å². The van der Waals surface area contributed by atoms with Gasteiger partial charge in [0.1, 0.15) is 11.4 Å². The summed E-state index contributed by atoms with van der Waals surface area (Å²) in [4.78, 5) is 13.6. The maximum Gasteiger partial charge on any atom is 0.163 e. The Morgan fingerprint density at radius 3 is 2.45 bits per heavy atom. The third-order valence-corrected chi connectivity index (χ3v) is 5.04. The predicted octanol–water partition coefficient (Wildman–Crippen LogP) is 5.07. The number of fused-ring (bicyclic) bond motifs is 1. The van der Waals surface area contributed by atoms with Gasteiger partial charge in [0.25, 0.3) is 0 Å². The second-order valence-corrected chi connectivity index (χ2v) is 6.83. The predicted molar refractivity (Wildman–Crippen MR) is 114 cm³/mol. The molecular formula is C24H18N4O. The van der Waals surface area contributed by atoms with Crippen LogP contribution >= 0.6 is 0 Å². The van der Waals surface area contributed by atoms with Crippen LogP contribution in [0.3, 0.4) is 0 Å². The molecule has 2 aromatic carbocycles. The lowest BCUT2D eigenvalue weighted by atomic mass is 10.0. The number of benzene rings is 2.